The summed E-state index contributed by atoms with van der Waals surface area (Å²) in [5.74, 6) is -4.27. The van der Waals surface area contributed by atoms with E-state index < -0.39 is 45.7 Å². The van der Waals surface area contributed by atoms with Crippen LogP contribution in [-0.2, 0) is 58.5 Å². The number of hydrogen-bond donors (Lipinski definition) is 2. The third-order valence-corrected chi connectivity index (χ3v) is 14.5. The molecule has 4 aromatic rings. The van der Waals surface area contributed by atoms with Crippen molar-refractivity contribution in [1.82, 2.24) is 39.6 Å². The summed E-state index contributed by atoms with van der Waals surface area (Å²) in [6.07, 6.45) is 16.1. The molecule has 2 N–H and O–H groups in total. The van der Waals surface area contributed by atoms with E-state index in [1.54, 1.807) is 24.2 Å². The van der Waals surface area contributed by atoms with Crippen LogP contribution in [0.1, 0.15) is 45.8 Å². The molecule has 2 saturated heterocycles. The Bertz CT molecular complexity index is 2190. The van der Waals surface area contributed by atoms with Crippen LogP contribution < -0.4 is 9.64 Å². The monoisotopic (exact) mass is 1170 g/mol. The molecule has 5 heterocycles. The standard InChI is InChI=1S/C25H41ClN6O5.C19H24F3N3O6.C3H10O3P2.C2H2/c1-3-20-5-6-22(37-20)32-24-21(19-27-32)23(28-25(26)29-24)31-9-7-30(8-10-31)11-12-34-15-16-36-18-17-35-14-13-33-4-2;20-15-13-16(21)19(17(22)14-15)31-18(26)1-5-27-7-9-29-11-12-30-10-8-28-6-4-25-3-2-23-24-25;1-6-7(2)3-8(4)5;1-2/h19-20,22H,3-18H2,1-2H3;2-3,13-14H,1,4-12H2;4-5H,3H2,1-2H3;1-2H. The molecule has 0 saturated carbocycles. The van der Waals surface area contributed by atoms with Crippen molar-refractivity contribution in [2.24, 2.45) is 0 Å². The van der Waals surface area contributed by atoms with E-state index in [0.717, 1.165) is 75.4 Å². The van der Waals surface area contributed by atoms with Crippen LogP contribution in [0.25, 0.3) is 11.0 Å². The molecule has 0 amide bonds. The van der Waals surface area contributed by atoms with E-state index in [9.17, 15) is 18.0 Å². The molecule has 0 radical (unpaired) electrons. The van der Waals surface area contributed by atoms with Gasteiger partial charge in [0.1, 0.15) is 11.6 Å². The fraction of sp³-hybridized carbons (Fsp3) is 0.673. The maximum Gasteiger partial charge on any atom is 0.313 e. The minimum absolute atomic E-state index is 0.0188. The van der Waals surface area contributed by atoms with Crippen molar-refractivity contribution in [3.63, 3.8) is 0 Å². The van der Waals surface area contributed by atoms with Gasteiger partial charge in [0, 0.05) is 72.9 Å². The molecule has 2 aliphatic rings. The Hall–Kier alpha value is -3.84. The van der Waals surface area contributed by atoms with E-state index in [2.05, 4.69) is 59.7 Å². The Morgan fingerprint density at radius 2 is 1.33 bits per heavy atom. The smallest absolute Gasteiger partial charge is 0.313 e. The average Bonchev–Trinajstić information content (AvgIpc) is 4.28. The van der Waals surface area contributed by atoms with E-state index in [1.165, 1.54) is 0 Å². The summed E-state index contributed by atoms with van der Waals surface area (Å²) >= 11 is 6.35. The zero-order valence-electron chi connectivity index (χ0n) is 45.0. The normalized spacial score (nSPS) is 15.8. The maximum absolute atomic E-state index is 13.4. The largest absolute Gasteiger partial charge is 0.420 e. The number of aromatic nitrogens is 7. The van der Waals surface area contributed by atoms with Gasteiger partial charge in [-0.15, -0.1) is 17.9 Å². The molecule has 2 fully saturated rings. The molecule has 3 unspecified atom stereocenters. The first-order chi connectivity index (χ1) is 37.9. The van der Waals surface area contributed by atoms with Crippen molar-refractivity contribution in [1.29, 1.82) is 0 Å². The Labute approximate surface area is 462 Å². The lowest BCUT2D eigenvalue weighted by Gasteiger charge is -2.35. The number of anilines is 1. The van der Waals surface area contributed by atoms with Gasteiger partial charge in [0.05, 0.1) is 142 Å². The summed E-state index contributed by atoms with van der Waals surface area (Å²) in [5, 5.41) is 13.3. The van der Waals surface area contributed by atoms with Crippen LogP contribution in [0.15, 0.2) is 30.7 Å². The van der Waals surface area contributed by atoms with Crippen LogP contribution in [0.5, 0.6) is 5.75 Å². The molecule has 3 atom stereocenters. The second-order valence-corrected chi connectivity index (χ2v) is 20.4. The molecule has 23 nitrogen and oxygen atoms in total. The molecule has 0 aliphatic carbocycles. The van der Waals surface area contributed by atoms with Crippen LogP contribution in [0.3, 0.4) is 0 Å². The highest BCUT2D eigenvalue weighted by molar-refractivity contribution is 7.66. The number of fused-ring (bicyclic) bond motifs is 1. The third kappa shape index (κ3) is 28.0. The lowest BCUT2D eigenvalue weighted by molar-refractivity contribution is -0.136. The topological polar surface area (TPSA) is 240 Å². The fourth-order valence-electron chi connectivity index (χ4n) is 7.14. The van der Waals surface area contributed by atoms with Crippen molar-refractivity contribution in [2.45, 2.75) is 58.4 Å². The SMILES string of the molecule is C#C.CCOCCOCCOCCOCCN1CCN(c2nc(Cl)nc3c2cnn3C2CCC(CC)O2)CC1.COP(C)CP(O)O.O=C(CCOCCOCCOCCOCCn1ccnn1)Oc1c(F)cc(F)cc1F. The van der Waals surface area contributed by atoms with Gasteiger partial charge in [-0.25, -0.2) is 17.9 Å². The summed E-state index contributed by atoms with van der Waals surface area (Å²) in [4.78, 5) is 42.1. The van der Waals surface area contributed by atoms with Crippen molar-refractivity contribution >= 4 is 50.9 Å². The molecular weight excluding hydrogens is 1090 g/mol. The second kappa shape index (κ2) is 42.1. The number of hydrogen-bond acceptors (Lipinski definition) is 21. The van der Waals surface area contributed by atoms with Gasteiger partial charge in [-0.3, -0.25) is 14.4 Å². The predicted molar refractivity (Wildman–Crippen MR) is 287 cm³/mol. The highest BCUT2D eigenvalue weighted by Crippen LogP contribution is 2.43. The Balaban J connectivity index is 0.000000354. The number of benzene rings is 1. The number of halogens is 4. The van der Waals surface area contributed by atoms with Gasteiger partial charge < -0.3 is 66.6 Å². The molecule has 440 valence electrons. The molecular formula is C49H77ClF3N9O14P2. The highest BCUT2D eigenvalue weighted by atomic mass is 35.5. The van der Waals surface area contributed by atoms with Crippen LogP contribution in [0, 0.1) is 30.3 Å². The summed E-state index contributed by atoms with van der Waals surface area (Å²) in [5.41, 5.74) is 0.742. The Morgan fingerprint density at radius 3 is 1.83 bits per heavy atom. The number of carbonyl (C=O) groups excluding carboxylic acids is 1. The van der Waals surface area contributed by atoms with E-state index in [-0.39, 0.29) is 43.9 Å². The molecule has 29 heteroatoms. The van der Waals surface area contributed by atoms with Crippen molar-refractivity contribution in [2.75, 3.05) is 163 Å². The molecule has 0 spiro atoms. The quantitative estimate of drug-likeness (QED) is 0.0140. The molecule has 1 aromatic carbocycles. The van der Waals surface area contributed by atoms with Crippen molar-refractivity contribution in [3.8, 4) is 18.6 Å². The minimum atomic E-state index is -1.74. The van der Waals surface area contributed by atoms with Crippen LogP contribution in [-0.4, -0.2) is 220 Å². The van der Waals surface area contributed by atoms with Gasteiger partial charge in [0.25, 0.3) is 0 Å². The number of piperazine rings is 1. The van der Waals surface area contributed by atoms with Gasteiger partial charge in [0.2, 0.25) is 11.0 Å². The van der Waals surface area contributed by atoms with E-state index in [0.29, 0.717) is 104 Å². The molecule has 6 rings (SSSR count). The highest BCUT2D eigenvalue weighted by Gasteiger charge is 2.29. The van der Waals surface area contributed by atoms with Gasteiger partial charge in [-0.05, 0) is 44.5 Å². The van der Waals surface area contributed by atoms with Crippen LogP contribution in [0.2, 0.25) is 5.28 Å². The average molecular weight is 1170 g/mol. The van der Waals surface area contributed by atoms with Gasteiger partial charge in [0.15, 0.2) is 31.9 Å². The lowest BCUT2D eigenvalue weighted by Crippen LogP contribution is -2.47. The first-order valence-electron chi connectivity index (χ1n) is 25.5. The van der Waals surface area contributed by atoms with E-state index in [4.69, 9.17) is 68.5 Å². The zero-order chi connectivity index (χ0) is 56.8. The van der Waals surface area contributed by atoms with Gasteiger partial charge >= 0.3 is 5.97 Å². The Morgan fingerprint density at radius 1 is 0.782 bits per heavy atom. The number of terminal acetylenes is 1. The number of carbonyl (C=O) groups is 1. The molecule has 0 bridgehead atoms. The van der Waals surface area contributed by atoms with Crippen LogP contribution in [0.4, 0.5) is 19.0 Å². The summed E-state index contributed by atoms with van der Waals surface area (Å²) in [7, 11) is -0.757. The molecule has 78 heavy (non-hydrogen) atoms. The van der Waals surface area contributed by atoms with Gasteiger partial charge in [-0.2, -0.15) is 15.1 Å². The lowest BCUT2D eigenvalue weighted by atomic mass is 10.2. The molecule has 3 aromatic heterocycles. The minimum Gasteiger partial charge on any atom is -0.420 e. The number of esters is 1. The summed E-state index contributed by atoms with van der Waals surface area (Å²) < 4.78 is 102. The Kier molecular flexibility index (Phi) is 36.9. The summed E-state index contributed by atoms with van der Waals surface area (Å²) in [6.45, 7) is 18.7. The second-order valence-electron chi connectivity index (χ2n) is 16.6. The number of rotatable bonds is 35. The first-order valence-corrected chi connectivity index (χ1v) is 29.2. The van der Waals surface area contributed by atoms with Crippen molar-refractivity contribution in [3.05, 3.63) is 53.5 Å². The molecule has 2 aliphatic heterocycles. The first kappa shape index (κ1) is 68.4. The zero-order valence-corrected chi connectivity index (χ0v) is 47.6. The number of nitrogens with zero attached hydrogens (tertiary/aromatic N) is 9. The van der Waals surface area contributed by atoms with E-state index >= 15 is 0 Å². The van der Waals surface area contributed by atoms with Gasteiger partial charge in [-0.1, -0.05) is 12.1 Å². The van der Waals surface area contributed by atoms with E-state index in [1.807, 2.05) is 24.5 Å². The maximum atomic E-state index is 13.4. The fourth-order valence-corrected chi connectivity index (χ4v) is 9.19. The van der Waals surface area contributed by atoms with Crippen LogP contribution >= 0.6 is 28.1 Å². The number of ether oxygens (including phenoxy) is 10. The summed E-state index contributed by atoms with van der Waals surface area (Å²) in [6, 6.07) is 0.855. The van der Waals surface area contributed by atoms with Crippen molar-refractivity contribution < 1.29 is 79.6 Å². The predicted octanol–water partition coefficient (Wildman–Crippen LogP) is 5.70. The third-order valence-electron chi connectivity index (χ3n) is 11.1.